The van der Waals surface area contributed by atoms with E-state index >= 15 is 0 Å². The summed E-state index contributed by atoms with van der Waals surface area (Å²) in [6, 6.07) is 0. The molecule has 86 valence electrons. The standard InChI is InChI=1S/C12H21NO2/c1-12(2,15)7-13-11(14)10-8-5-3-4-6-9(8)10/h8-10,15H,3-7H2,1-2H3,(H,13,14). The third kappa shape index (κ3) is 2.51. The van der Waals surface area contributed by atoms with E-state index in [0.29, 0.717) is 18.4 Å². The molecule has 15 heavy (non-hydrogen) atoms. The van der Waals surface area contributed by atoms with Crippen molar-refractivity contribution in [3.63, 3.8) is 0 Å². The SMILES string of the molecule is CC(C)(O)CNC(=O)C1C2CCCCC21. The molecular weight excluding hydrogens is 190 g/mol. The largest absolute Gasteiger partial charge is 0.389 e. The van der Waals surface area contributed by atoms with Crippen LogP contribution in [-0.4, -0.2) is 23.2 Å². The lowest BCUT2D eigenvalue weighted by Gasteiger charge is -2.17. The molecule has 0 heterocycles. The van der Waals surface area contributed by atoms with Gasteiger partial charge in [0.2, 0.25) is 5.91 Å². The van der Waals surface area contributed by atoms with Crippen LogP contribution in [0.3, 0.4) is 0 Å². The lowest BCUT2D eigenvalue weighted by Crippen LogP contribution is -2.39. The number of rotatable bonds is 3. The third-order valence-electron chi connectivity index (χ3n) is 3.65. The molecule has 0 aliphatic heterocycles. The molecule has 2 fully saturated rings. The number of nitrogens with one attached hydrogen (secondary N) is 1. The van der Waals surface area contributed by atoms with Crippen LogP contribution >= 0.6 is 0 Å². The summed E-state index contributed by atoms with van der Waals surface area (Å²) in [5, 5.41) is 12.4. The lowest BCUT2D eigenvalue weighted by atomic mass is 10.0. The van der Waals surface area contributed by atoms with Crippen LogP contribution in [0.25, 0.3) is 0 Å². The van der Waals surface area contributed by atoms with Gasteiger partial charge in [-0.3, -0.25) is 4.79 Å². The zero-order valence-corrected chi connectivity index (χ0v) is 9.62. The van der Waals surface area contributed by atoms with Crippen molar-refractivity contribution in [3.8, 4) is 0 Å². The van der Waals surface area contributed by atoms with Crippen LogP contribution in [-0.2, 0) is 4.79 Å². The van der Waals surface area contributed by atoms with E-state index in [2.05, 4.69) is 5.32 Å². The van der Waals surface area contributed by atoms with E-state index < -0.39 is 5.60 Å². The molecule has 0 spiro atoms. The maximum Gasteiger partial charge on any atom is 0.223 e. The number of carbonyl (C=O) groups is 1. The summed E-state index contributed by atoms with van der Waals surface area (Å²) in [6.07, 6.45) is 5.03. The van der Waals surface area contributed by atoms with Gasteiger partial charge < -0.3 is 10.4 Å². The van der Waals surface area contributed by atoms with Crippen molar-refractivity contribution in [1.82, 2.24) is 5.32 Å². The molecule has 2 unspecified atom stereocenters. The Morgan fingerprint density at radius 3 is 2.33 bits per heavy atom. The Bertz CT molecular complexity index is 245. The molecule has 2 N–H and O–H groups in total. The van der Waals surface area contributed by atoms with E-state index in [4.69, 9.17) is 0 Å². The first-order valence-electron chi connectivity index (χ1n) is 5.99. The number of carbonyl (C=O) groups excluding carboxylic acids is 1. The summed E-state index contributed by atoms with van der Waals surface area (Å²) < 4.78 is 0. The molecular formula is C12H21NO2. The highest BCUT2D eigenvalue weighted by Gasteiger charge is 2.54. The summed E-state index contributed by atoms with van der Waals surface area (Å²) >= 11 is 0. The van der Waals surface area contributed by atoms with Crippen LogP contribution in [0.15, 0.2) is 0 Å². The molecule has 0 aromatic rings. The van der Waals surface area contributed by atoms with Crippen molar-refractivity contribution < 1.29 is 9.90 Å². The number of hydrogen-bond acceptors (Lipinski definition) is 2. The van der Waals surface area contributed by atoms with Gasteiger partial charge in [-0.15, -0.1) is 0 Å². The first kappa shape index (κ1) is 10.9. The van der Waals surface area contributed by atoms with Gasteiger partial charge in [-0.25, -0.2) is 0 Å². The van der Waals surface area contributed by atoms with Crippen LogP contribution in [0, 0.1) is 17.8 Å². The van der Waals surface area contributed by atoms with Gasteiger partial charge >= 0.3 is 0 Å². The molecule has 3 nitrogen and oxygen atoms in total. The van der Waals surface area contributed by atoms with Gasteiger partial charge in [0.05, 0.1) is 5.60 Å². The zero-order valence-electron chi connectivity index (χ0n) is 9.62. The van der Waals surface area contributed by atoms with E-state index in [1.807, 2.05) is 0 Å². The summed E-state index contributed by atoms with van der Waals surface area (Å²) in [5.74, 6) is 1.73. The highest BCUT2D eigenvalue weighted by molar-refractivity contribution is 5.82. The predicted molar refractivity (Wildman–Crippen MR) is 58.2 cm³/mol. The lowest BCUT2D eigenvalue weighted by molar-refractivity contribution is -0.123. The van der Waals surface area contributed by atoms with E-state index in [-0.39, 0.29) is 11.8 Å². The molecule has 0 aromatic carbocycles. The molecule has 3 heteroatoms. The van der Waals surface area contributed by atoms with Crippen LogP contribution in [0.5, 0.6) is 0 Å². The van der Waals surface area contributed by atoms with Gasteiger partial charge in [-0.1, -0.05) is 12.8 Å². The van der Waals surface area contributed by atoms with E-state index in [0.717, 1.165) is 0 Å². The molecule has 0 radical (unpaired) electrons. The molecule has 2 aliphatic rings. The van der Waals surface area contributed by atoms with E-state index in [1.54, 1.807) is 13.8 Å². The second-order valence-electron chi connectivity index (χ2n) is 5.67. The van der Waals surface area contributed by atoms with Gasteiger partial charge in [0.25, 0.3) is 0 Å². The third-order valence-corrected chi connectivity index (χ3v) is 3.65. The van der Waals surface area contributed by atoms with Crippen LogP contribution in [0.2, 0.25) is 0 Å². The number of aliphatic hydroxyl groups is 1. The smallest absolute Gasteiger partial charge is 0.223 e. The molecule has 1 amide bonds. The van der Waals surface area contributed by atoms with Crippen LogP contribution < -0.4 is 5.32 Å². The molecule has 2 rings (SSSR count). The normalized spacial score (nSPS) is 34.5. The Morgan fingerprint density at radius 2 is 1.87 bits per heavy atom. The van der Waals surface area contributed by atoms with Gasteiger partial charge in [-0.05, 0) is 38.5 Å². The second kappa shape index (κ2) is 3.78. The average molecular weight is 211 g/mol. The van der Waals surface area contributed by atoms with Gasteiger partial charge in [0.1, 0.15) is 0 Å². The quantitative estimate of drug-likeness (QED) is 0.739. The molecule has 2 atom stereocenters. The van der Waals surface area contributed by atoms with E-state index in [1.165, 1.54) is 25.7 Å². The molecule has 0 aromatic heterocycles. The Labute approximate surface area is 91.2 Å². The molecule has 2 aliphatic carbocycles. The minimum absolute atomic E-state index is 0.161. The fraction of sp³-hybridized carbons (Fsp3) is 0.917. The summed E-state index contributed by atoms with van der Waals surface area (Å²) in [5.41, 5.74) is -0.796. The van der Waals surface area contributed by atoms with E-state index in [9.17, 15) is 9.90 Å². The number of hydrogen-bond donors (Lipinski definition) is 2. The van der Waals surface area contributed by atoms with Gasteiger partial charge in [0.15, 0.2) is 0 Å². The topological polar surface area (TPSA) is 49.3 Å². The summed E-state index contributed by atoms with van der Waals surface area (Å²) in [6.45, 7) is 3.79. The van der Waals surface area contributed by atoms with Crippen molar-refractivity contribution in [2.24, 2.45) is 17.8 Å². The Kier molecular flexibility index (Phi) is 2.75. The van der Waals surface area contributed by atoms with Crippen molar-refractivity contribution in [3.05, 3.63) is 0 Å². The minimum atomic E-state index is -0.796. The van der Waals surface area contributed by atoms with Crippen molar-refractivity contribution in [1.29, 1.82) is 0 Å². The predicted octanol–water partition coefficient (Wildman–Crippen LogP) is 1.31. The molecule has 2 saturated carbocycles. The second-order valence-corrected chi connectivity index (χ2v) is 5.67. The Morgan fingerprint density at radius 1 is 1.33 bits per heavy atom. The Balaban J connectivity index is 1.78. The van der Waals surface area contributed by atoms with Crippen LogP contribution in [0.4, 0.5) is 0 Å². The first-order chi connectivity index (χ1) is 6.99. The first-order valence-corrected chi connectivity index (χ1v) is 5.99. The van der Waals surface area contributed by atoms with Crippen molar-refractivity contribution >= 4 is 5.91 Å². The summed E-state index contributed by atoms with van der Waals surface area (Å²) in [4.78, 5) is 11.8. The van der Waals surface area contributed by atoms with Crippen LogP contribution in [0.1, 0.15) is 39.5 Å². The minimum Gasteiger partial charge on any atom is -0.389 e. The fourth-order valence-electron chi connectivity index (χ4n) is 2.80. The molecule has 0 saturated heterocycles. The monoisotopic (exact) mass is 211 g/mol. The van der Waals surface area contributed by atoms with Gasteiger partial charge in [0, 0.05) is 12.5 Å². The maximum absolute atomic E-state index is 11.8. The fourth-order valence-corrected chi connectivity index (χ4v) is 2.80. The highest BCUT2D eigenvalue weighted by atomic mass is 16.3. The van der Waals surface area contributed by atoms with Crippen molar-refractivity contribution in [2.75, 3.05) is 6.54 Å². The maximum atomic E-state index is 11.8. The Hall–Kier alpha value is -0.570. The highest BCUT2D eigenvalue weighted by Crippen LogP contribution is 2.55. The zero-order chi connectivity index (χ0) is 11.1. The van der Waals surface area contributed by atoms with Gasteiger partial charge in [-0.2, -0.15) is 0 Å². The number of amides is 1. The summed E-state index contributed by atoms with van der Waals surface area (Å²) in [7, 11) is 0. The molecule has 0 bridgehead atoms. The number of fused-ring (bicyclic) bond motifs is 1. The van der Waals surface area contributed by atoms with Crippen molar-refractivity contribution in [2.45, 2.75) is 45.1 Å². The average Bonchev–Trinajstić information content (AvgIpc) is 2.87.